The third kappa shape index (κ3) is 30.2. The van der Waals surface area contributed by atoms with E-state index in [0.717, 1.165) is 64.8 Å². The molecule has 0 atom stereocenters. The zero-order chi connectivity index (χ0) is 35.5. The van der Waals surface area contributed by atoms with Gasteiger partial charge < -0.3 is 20.1 Å². The van der Waals surface area contributed by atoms with E-state index in [0.29, 0.717) is 45.1 Å². The third-order valence-electron chi connectivity index (χ3n) is 10.5. The Morgan fingerprint density at radius 3 is 1.35 bits per heavy atom. The second kappa shape index (κ2) is 35.2. The second-order valence-corrected chi connectivity index (χ2v) is 15.1. The van der Waals surface area contributed by atoms with Gasteiger partial charge in [0.15, 0.2) is 0 Å². The monoisotopic (exact) mass is 694 g/mol. The van der Waals surface area contributed by atoms with Crippen molar-refractivity contribution in [3.05, 3.63) is 0 Å². The Hall–Kier alpha value is -1.18. The average molecular weight is 694 g/mol. The van der Waals surface area contributed by atoms with Crippen LogP contribution in [-0.2, 0) is 19.1 Å². The van der Waals surface area contributed by atoms with Gasteiger partial charge in [-0.2, -0.15) is 0 Å². The summed E-state index contributed by atoms with van der Waals surface area (Å²) in [4.78, 5) is 29.8. The van der Waals surface area contributed by atoms with Gasteiger partial charge in [-0.25, -0.2) is 0 Å². The summed E-state index contributed by atoms with van der Waals surface area (Å²) in [6, 6.07) is 0. The van der Waals surface area contributed by atoms with Crippen LogP contribution in [0, 0.1) is 5.92 Å². The highest BCUT2D eigenvalue weighted by atomic mass is 16.5. The quantitative estimate of drug-likeness (QED) is 0.0516. The molecule has 0 spiro atoms. The smallest absolute Gasteiger partial charge is 0.305 e. The molecule has 49 heavy (non-hydrogen) atoms. The number of nitrogens with zero attached hydrogens (tertiary/aromatic N) is 2. The molecule has 7 nitrogen and oxygen atoms in total. The number of hydrogen-bond donors (Lipinski definition) is 1. The Morgan fingerprint density at radius 2 is 0.959 bits per heavy atom. The molecule has 290 valence electrons. The Labute approximate surface area is 304 Å². The fourth-order valence-corrected chi connectivity index (χ4v) is 7.12. The van der Waals surface area contributed by atoms with Crippen molar-refractivity contribution >= 4 is 11.9 Å². The van der Waals surface area contributed by atoms with E-state index in [-0.39, 0.29) is 11.9 Å². The third-order valence-corrected chi connectivity index (χ3v) is 10.5. The van der Waals surface area contributed by atoms with Gasteiger partial charge in [-0.3, -0.25) is 14.5 Å². The molecule has 0 saturated carbocycles. The Balaban J connectivity index is 2.26. The largest absolute Gasteiger partial charge is 0.464 e. The minimum absolute atomic E-state index is 0.0694. The van der Waals surface area contributed by atoms with Gasteiger partial charge in [0.2, 0.25) is 0 Å². The predicted molar refractivity (Wildman–Crippen MR) is 208 cm³/mol. The fraction of sp³-hybridized carbons (Fsp3) is 0.952. The minimum Gasteiger partial charge on any atom is -0.464 e. The zero-order valence-electron chi connectivity index (χ0n) is 32.8. The van der Waals surface area contributed by atoms with Gasteiger partial charge in [-0.1, -0.05) is 142 Å². The van der Waals surface area contributed by atoms with Crippen molar-refractivity contribution in [1.29, 1.82) is 0 Å². The van der Waals surface area contributed by atoms with Crippen molar-refractivity contribution in [3.63, 3.8) is 0 Å². The van der Waals surface area contributed by atoms with E-state index < -0.39 is 0 Å². The molecule has 1 aliphatic heterocycles. The molecule has 0 radical (unpaired) electrons. The number of rotatable bonds is 36. The number of unbranched alkanes of at least 4 members (excludes halogenated alkanes) is 21. The van der Waals surface area contributed by atoms with Gasteiger partial charge in [0.1, 0.15) is 13.2 Å². The first-order valence-corrected chi connectivity index (χ1v) is 21.5. The zero-order valence-corrected chi connectivity index (χ0v) is 32.8. The normalized spacial score (nSPS) is 14.1. The average Bonchev–Trinajstić information content (AvgIpc) is 3.10. The second-order valence-electron chi connectivity index (χ2n) is 15.1. The van der Waals surface area contributed by atoms with Crippen LogP contribution in [0.3, 0.4) is 0 Å². The van der Waals surface area contributed by atoms with Crippen LogP contribution >= 0.6 is 0 Å². The van der Waals surface area contributed by atoms with Crippen LogP contribution in [0.15, 0.2) is 0 Å². The lowest BCUT2D eigenvalue weighted by molar-refractivity contribution is -0.144. The molecule has 0 bridgehead atoms. The number of carbonyl (C=O) groups is 2. The maximum atomic E-state index is 12.4. The highest BCUT2D eigenvalue weighted by Crippen LogP contribution is 2.19. The van der Waals surface area contributed by atoms with Crippen LogP contribution < -0.4 is 5.73 Å². The lowest BCUT2D eigenvalue weighted by atomic mass is 9.96. The van der Waals surface area contributed by atoms with Gasteiger partial charge in [-0.05, 0) is 70.6 Å². The summed E-state index contributed by atoms with van der Waals surface area (Å²) in [5.41, 5.74) is 5.68. The summed E-state index contributed by atoms with van der Waals surface area (Å²) >= 11 is 0. The topological polar surface area (TPSA) is 85.1 Å². The minimum atomic E-state index is -0.0694. The molecule has 0 amide bonds. The van der Waals surface area contributed by atoms with Gasteiger partial charge in [0.05, 0.1) is 0 Å². The summed E-state index contributed by atoms with van der Waals surface area (Å²) in [5.74, 6) is 0.491. The molecule has 7 heteroatoms. The van der Waals surface area contributed by atoms with E-state index in [2.05, 4.69) is 23.6 Å². The van der Waals surface area contributed by atoms with Gasteiger partial charge in [0, 0.05) is 32.5 Å². The van der Waals surface area contributed by atoms with Crippen LogP contribution in [0.4, 0.5) is 0 Å². The van der Waals surface area contributed by atoms with Crippen molar-refractivity contribution in [1.82, 2.24) is 9.80 Å². The summed E-state index contributed by atoms with van der Waals surface area (Å²) < 4.78 is 11.3. The van der Waals surface area contributed by atoms with E-state index in [1.54, 1.807) is 0 Å². The van der Waals surface area contributed by atoms with E-state index in [9.17, 15) is 9.59 Å². The fourth-order valence-electron chi connectivity index (χ4n) is 7.12. The van der Waals surface area contributed by atoms with Gasteiger partial charge >= 0.3 is 11.9 Å². The lowest BCUT2D eigenvalue weighted by Crippen LogP contribution is -2.41. The predicted octanol–water partition coefficient (Wildman–Crippen LogP) is 10.2. The molecule has 1 saturated heterocycles. The van der Waals surface area contributed by atoms with Crippen LogP contribution in [0.2, 0.25) is 0 Å². The summed E-state index contributed by atoms with van der Waals surface area (Å²) in [5, 5.41) is 0. The van der Waals surface area contributed by atoms with Crippen LogP contribution in [0.1, 0.15) is 194 Å². The van der Waals surface area contributed by atoms with E-state index in [1.165, 1.54) is 135 Å². The standard InChI is InChI=1S/C42H83N3O4/c1-3-5-7-9-11-13-15-17-19-21-23-27-41(46)48-37-35-45(39-40-29-33-44(34-30-40)32-26-25-31-43)36-38-49-42(47)28-24-22-20-18-16-14-12-10-8-6-4-2/h40H,3-39,43H2,1-2H3. The van der Waals surface area contributed by atoms with E-state index >= 15 is 0 Å². The Morgan fingerprint density at radius 1 is 0.571 bits per heavy atom. The molecule has 0 aromatic heterocycles. The van der Waals surface area contributed by atoms with Crippen LogP contribution in [0.25, 0.3) is 0 Å². The molecule has 0 unspecified atom stereocenters. The molecule has 1 aliphatic rings. The number of nitrogens with two attached hydrogens (primary N) is 1. The summed E-state index contributed by atoms with van der Waals surface area (Å²) in [7, 11) is 0. The molecule has 1 rings (SSSR count). The number of ether oxygens (including phenoxy) is 2. The molecule has 0 aromatic carbocycles. The summed E-state index contributed by atoms with van der Waals surface area (Å²) in [6.45, 7) is 12.0. The highest BCUT2D eigenvalue weighted by molar-refractivity contribution is 5.69. The number of esters is 2. The highest BCUT2D eigenvalue weighted by Gasteiger charge is 2.21. The van der Waals surface area contributed by atoms with Crippen molar-refractivity contribution in [2.75, 3.05) is 59.0 Å². The van der Waals surface area contributed by atoms with E-state index in [4.69, 9.17) is 15.2 Å². The number of hydrogen-bond acceptors (Lipinski definition) is 7. The molecule has 2 N–H and O–H groups in total. The first-order valence-electron chi connectivity index (χ1n) is 21.5. The number of carbonyl (C=O) groups excluding carboxylic acids is 2. The molecule has 0 aromatic rings. The Kier molecular flexibility index (Phi) is 33.0. The molecule has 1 fully saturated rings. The molecular weight excluding hydrogens is 610 g/mol. The first-order chi connectivity index (χ1) is 24.1. The van der Waals surface area contributed by atoms with Gasteiger partial charge in [-0.15, -0.1) is 0 Å². The first kappa shape index (κ1) is 45.8. The van der Waals surface area contributed by atoms with Crippen molar-refractivity contribution in [2.24, 2.45) is 11.7 Å². The van der Waals surface area contributed by atoms with E-state index in [1.807, 2.05) is 0 Å². The summed E-state index contributed by atoms with van der Waals surface area (Å²) in [6.07, 6.45) is 33.9. The Bertz CT molecular complexity index is 685. The number of piperidine rings is 1. The van der Waals surface area contributed by atoms with Crippen molar-refractivity contribution in [2.45, 2.75) is 194 Å². The van der Waals surface area contributed by atoms with Gasteiger partial charge in [0.25, 0.3) is 0 Å². The molecular formula is C42H83N3O4. The van der Waals surface area contributed by atoms with Crippen molar-refractivity contribution < 1.29 is 19.1 Å². The number of likely N-dealkylation sites (tertiary alicyclic amines) is 1. The molecule has 0 aliphatic carbocycles. The maximum absolute atomic E-state index is 12.4. The maximum Gasteiger partial charge on any atom is 0.305 e. The van der Waals surface area contributed by atoms with Crippen molar-refractivity contribution in [3.8, 4) is 0 Å². The molecule has 1 heterocycles. The SMILES string of the molecule is CCCCCCCCCCCCCC(=O)OCCN(CCOC(=O)CCCCCCCCCCCCC)CC1CCN(CCCCN)CC1. The van der Waals surface area contributed by atoms with Crippen LogP contribution in [-0.4, -0.2) is 80.8 Å². The van der Waals surface area contributed by atoms with Crippen LogP contribution in [0.5, 0.6) is 0 Å². The lowest BCUT2D eigenvalue weighted by Gasteiger charge is -2.34.